The molecule has 0 aliphatic carbocycles. The molecule has 0 rings (SSSR count). The Kier molecular flexibility index (Phi) is 17.6. The Morgan fingerprint density at radius 3 is 1.62 bits per heavy atom. The van der Waals surface area contributed by atoms with Gasteiger partial charge in [-0.05, 0) is 0 Å². The van der Waals surface area contributed by atoms with Crippen LogP contribution >= 0.6 is 0 Å². The highest BCUT2D eigenvalue weighted by Gasteiger charge is 2.04. The van der Waals surface area contributed by atoms with Gasteiger partial charge in [0.2, 0.25) is 11.8 Å². The van der Waals surface area contributed by atoms with Crippen molar-refractivity contribution in [2.24, 2.45) is 11.8 Å². The molecule has 10 nitrogen and oxygen atoms in total. The second-order valence-electron chi connectivity index (χ2n) is 5.56. The summed E-state index contributed by atoms with van der Waals surface area (Å²) in [5.41, 5.74) is 0. The normalized spacial score (nSPS) is 10.9. The van der Waals surface area contributed by atoms with E-state index in [0.717, 1.165) is 0 Å². The van der Waals surface area contributed by atoms with Gasteiger partial charge in [0.1, 0.15) is 6.61 Å². The van der Waals surface area contributed by atoms with Crippen LogP contribution in [0.2, 0.25) is 0 Å². The molecule has 0 radical (unpaired) electrons. The maximum atomic E-state index is 11.3. The van der Waals surface area contributed by atoms with Gasteiger partial charge < -0.3 is 29.6 Å². The first-order valence-electron chi connectivity index (χ1n) is 8.75. The van der Waals surface area contributed by atoms with Gasteiger partial charge in [0.25, 0.3) is 0 Å². The van der Waals surface area contributed by atoms with Crippen molar-refractivity contribution >= 4 is 11.8 Å². The number of nitrogens with two attached hydrogens (primary N) is 1. The van der Waals surface area contributed by atoms with Crippen molar-refractivity contribution in [2.75, 3.05) is 72.6 Å². The van der Waals surface area contributed by atoms with E-state index >= 15 is 0 Å². The third kappa shape index (κ3) is 17.5. The number of carbonyl (C=O) groups is 2. The molecule has 0 saturated heterocycles. The number of hydrogen-bond donors (Lipinski definition) is 3. The standard InChI is InChI=1S/C16H33N3O7/c1-14(2)16(21)19-4-6-23-8-10-25-12-11-24-9-7-22-5-3-18-15(20)13-26-17/h14H,3-13,17H2,1-2H3,(H,18,20)(H,19,21). The highest BCUT2D eigenvalue weighted by molar-refractivity contribution is 5.77. The molecule has 26 heavy (non-hydrogen) atoms. The van der Waals surface area contributed by atoms with E-state index in [9.17, 15) is 9.59 Å². The minimum absolute atomic E-state index is 0.0129. The van der Waals surface area contributed by atoms with Crippen LogP contribution in [0.25, 0.3) is 0 Å². The Morgan fingerprint density at radius 2 is 1.19 bits per heavy atom. The van der Waals surface area contributed by atoms with Gasteiger partial charge in [-0.3, -0.25) is 14.4 Å². The van der Waals surface area contributed by atoms with Crippen LogP contribution in [-0.2, 0) is 33.4 Å². The van der Waals surface area contributed by atoms with E-state index in [2.05, 4.69) is 15.5 Å². The van der Waals surface area contributed by atoms with Crippen LogP contribution in [0.4, 0.5) is 0 Å². The molecule has 0 saturated carbocycles. The Morgan fingerprint density at radius 1 is 0.769 bits per heavy atom. The summed E-state index contributed by atoms with van der Waals surface area (Å²) in [6.45, 7) is 8.08. The van der Waals surface area contributed by atoms with Gasteiger partial charge in [-0.15, -0.1) is 0 Å². The lowest BCUT2D eigenvalue weighted by atomic mass is 10.2. The molecular weight excluding hydrogens is 346 g/mol. The summed E-state index contributed by atoms with van der Waals surface area (Å²) in [6.07, 6.45) is 0. The molecule has 0 aromatic heterocycles. The molecule has 0 atom stereocenters. The average Bonchev–Trinajstić information content (AvgIpc) is 2.61. The summed E-state index contributed by atoms with van der Waals surface area (Å²) in [4.78, 5) is 26.5. The highest BCUT2D eigenvalue weighted by atomic mass is 16.6. The molecule has 154 valence electrons. The van der Waals surface area contributed by atoms with Crippen molar-refractivity contribution in [3.8, 4) is 0 Å². The van der Waals surface area contributed by atoms with E-state index in [-0.39, 0.29) is 24.3 Å². The SMILES string of the molecule is CC(C)C(=O)NCCOCCOCCOCCOCCNC(=O)CON. The van der Waals surface area contributed by atoms with E-state index in [0.29, 0.717) is 65.9 Å². The predicted molar refractivity (Wildman–Crippen MR) is 94.3 cm³/mol. The molecule has 0 unspecified atom stereocenters. The largest absolute Gasteiger partial charge is 0.377 e. The first kappa shape index (κ1) is 24.7. The van der Waals surface area contributed by atoms with E-state index < -0.39 is 0 Å². The molecule has 4 N–H and O–H groups in total. The maximum Gasteiger partial charge on any atom is 0.248 e. The zero-order valence-electron chi connectivity index (χ0n) is 15.8. The van der Waals surface area contributed by atoms with Gasteiger partial charge in [0.05, 0.1) is 52.9 Å². The van der Waals surface area contributed by atoms with Crippen LogP contribution in [-0.4, -0.2) is 84.4 Å². The molecule has 0 aliphatic heterocycles. The lowest BCUT2D eigenvalue weighted by Crippen LogP contribution is -2.31. The van der Waals surface area contributed by atoms with Crippen molar-refractivity contribution in [3.05, 3.63) is 0 Å². The number of nitrogens with one attached hydrogen (secondary N) is 2. The summed E-state index contributed by atoms with van der Waals surface area (Å²) < 4.78 is 21.3. The fraction of sp³-hybridized carbons (Fsp3) is 0.875. The van der Waals surface area contributed by atoms with Crippen LogP contribution < -0.4 is 16.5 Å². The zero-order valence-corrected chi connectivity index (χ0v) is 15.8. The molecule has 0 aromatic carbocycles. The van der Waals surface area contributed by atoms with Crippen molar-refractivity contribution in [1.29, 1.82) is 0 Å². The monoisotopic (exact) mass is 379 g/mol. The quantitative estimate of drug-likeness (QED) is 0.201. The molecule has 0 spiro atoms. The lowest BCUT2D eigenvalue weighted by Gasteiger charge is -2.09. The summed E-state index contributed by atoms with van der Waals surface area (Å²) >= 11 is 0. The fourth-order valence-corrected chi connectivity index (χ4v) is 1.60. The van der Waals surface area contributed by atoms with E-state index in [1.54, 1.807) is 0 Å². The van der Waals surface area contributed by atoms with E-state index in [1.807, 2.05) is 13.8 Å². The molecular formula is C16H33N3O7. The van der Waals surface area contributed by atoms with Gasteiger partial charge in [-0.2, -0.15) is 0 Å². The van der Waals surface area contributed by atoms with Gasteiger partial charge in [-0.25, -0.2) is 5.90 Å². The lowest BCUT2D eigenvalue weighted by molar-refractivity contribution is -0.126. The number of ether oxygens (including phenoxy) is 4. The summed E-state index contributed by atoms with van der Waals surface area (Å²) in [6, 6.07) is 0. The average molecular weight is 379 g/mol. The van der Waals surface area contributed by atoms with Crippen molar-refractivity contribution in [1.82, 2.24) is 10.6 Å². The number of amides is 2. The van der Waals surface area contributed by atoms with Crippen LogP contribution in [0.5, 0.6) is 0 Å². The Bertz CT molecular complexity index is 357. The minimum atomic E-state index is -0.284. The minimum Gasteiger partial charge on any atom is -0.377 e. The van der Waals surface area contributed by atoms with Gasteiger partial charge in [-0.1, -0.05) is 13.8 Å². The van der Waals surface area contributed by atoms with Gasteiger partial charge in [0.15, 0.2) is 0 Å². The molecule has 0 heterocycles. The predicted octanol–water partition coefficient (Wildman–Crippen LogP) is -1.17. The number of hydrogen-bond acceptors (Lipinski definition) is 8. The molecule has 2 amide bonds. The second kappa shape index (κ2) is 18.5. The van der Waals surface area contributed by atoms with Crippen LogP contribution in [0.3, 0.4) is 0 Å². The summed E-state index contributed by atoms with van der Waals surface area (Å²) in [7, 11) is 0. The fourth-order valence-electron chi connectivity index (χ4n) is 1.60. The molecule has 0 aromatic rings. The second-order valence-corrected chi connectivity index (χ2v) is 5.56. The van der Waals surface area contributed by atoms with Crippen LogP contribution in [0, 0.1) is 5.92 Å². The van der Waals surface area contributed by atoms with Crippen LogP contribution in [0.15, 0.2) is 0 Å². The first-order chi connectivity index (χ1) is 12.6. The Labute approximate surface area is 154 Å². The zero-order chi connectivity index (χ0) is 19.5. The van der Waals surface area contributed by atoms with Gasteiger partial charge >= 0.3 is 0 Å². The summed E-state index contributed by atoms with van der Waals surface area (Å²) in [5, 5.41) is 5.34. The Hall–Kier alpha value is -1.30. The van der Waals surface area contributed by atoms with E-state index in [4.69, 9.17) is 24.8 Å². The highest BCUT2D eigenvalue weighted by Crippen LogP contribution is 1.89. The molecule has 0 aliphatic rings. The van der Waals surface area contributed by atoms with Crippen molar-refractivity contribution < 1.29 is 33.4 Å². The third-order valence-corrected chi connectivity index (χ3v) is 2.97. The van der Waals surface area contributed by atoms with Crippen molar-refractivity contribution in [3.63, 3.8) is 0 Å². The topological polar surface area (TPSA) is 130 Å². The van der Waals surface area contributed by atoms with Gasteiger partial charge in [0, 0.05) is 19.0 Å². The molecule has 0 fully saturated rings. The first-order valence-corrected chi connectivity index (χ1v) is 8.75. The number of rotatable bonds is 18. The van der Waals surface area contributed by atoms with Crippen LogP contribution in [0.1, 0.15) is 13.8 Å². The molecule has 10 heteroatoms. The third-order valence-electron chi connectivity index (χ3n) is 2.97. The smallest absolute Gasteiger partial charge is 0.248 e. The van der Waals surface area contributed by atoms with E-state index in [1.165, 1.54) is 0 Å². The Balaban J connectivity index is 3.11. The maximum absolute atomic E-state index is 11.3. The molecule has 0 bridgehead atoms. The number of carbonyl (C=O) groups excluding carboxylic acids is 2. The van der Waals surface area contributed by atoms with Crippen molar-refractivity contribution in [2.45, 2.75) is 13.8 Å². The summed E-state index contributed by atoms with van der Waals surface area (Å²) in [5.74, 6) is 4.49.